The molecule has 0 aliphatic rings. The van der Waals surface area contributed by atoms with Crippen LogP contribution in [0.1, 0.15) is 66.2 Å². The smallest absolute Gasteiger partial charge is 0.311 e. The Balaban J connectivity index is 1.66. The van der Waals surface area contributed by atoms with E-state index in [4.69, 9.17) is 4.74 Å². The lowest BCUT2D eigenvalue weighted by Gasteiger charge is -2.23. The number of esters is 1. The summed E-state index contributed by atoms with van der Waals surface area (Å²) in [6.07, 6.45) is 6.07. The molecule has 30 heavy (non-hydrogen) atoms. The first-order valence-electron chi connectivity index (χ1n) is 11.1. The third-order valence-electron chi connectivity index (χ3n) is 5.54. The van der Waals surface area contributed by atoms with E-state index in [1.54, 1.807) is 22.4 Å². The third-order valence-corrected chi connectivity index (χ3v) is 6.69. The molecule has 0 aliphatic carbocycles. The van der Waals surface area contributed by atoms with Crippen molar-refractivity contribution < 1.29 is 9.53 Å². The van der Waals surface area contributed by atoms with Gasteiger partial charge in [-0.15, -0.1) is 11.8 Å². The molecule has 2 aromatic rings. The maximum absolute atomic E-state index is 12.3. The monoisotopic (exact) mass is 431 g/mol. The first-order valence-corrected chi connectivity index (χ1v) is 12.1. The van der Waals surface area contributed by atoms with Crippen LogP contribution in [0.15, 0.2) is 40.0 Å². The van der Waals surface area contributed by atoms with Crippen molar-refractivity contribution in [1.82, 2.24) is 4.57 Å². The van der Waals surface area contributed by atoms with Crippen LogP contribution in [0.3, 0.4) is 0 Å². The molecule has 0 fully saturated rings. The predicted octanol–water partition coefficient (Wildman–Crippen LogP) is 6.20. The number of hydrogen-bond donors (Lipinski definition) is 0. The minimum absolute atomic E-state index is 0.0364. The summed E-state index contributed by atoms with van der Waals surface area (Å²) in [5.41, 5.74) is 0.621. The van der Waals surface area contributed by atoms with Gasteiger partial charge in [0, 0.05) is 23.4 Å². The quantitative estimate of drug-likeness (QED) is 0.228. The molecule has 1 aromatic carbocycles. The van der Waals surface area contributed by atoms with Crippen LogP contribution < -0.4 is 5.56 Å². The molecule has 166 valence electrons. The number of carbonyl (C=O) groups excluding carboxylic acids is 1. The molecule has 1 aromatic heterocycles. The van der Waals surface area contributed by atoms with Crippen LogP contribution in [-0.4, -0.2) is 22.9 Å². The highest BCUT2D eigenvalue weighted by Gasteiger charge is 2.28. The largest absolute Gasteiger partial charge is 0.465 e. The number of carbonyl (C=O) groups is 1. The Morgan fingerprint density at radius 3 is 2.57 bits per heavy atom. The van der Waals surface area contributed by atoms with Crippen LogP contribution in [0.4, 0.5) is 0 Å². The van der Waals surface area contributed by atoms with E-state index in [1.165, 1.54) is 0 Å². The SMILES string of the molecule is CC(C)CCC(C)(C)C(=O)OCCCCCCSc1cc(=O)n(C)c2ccccc12. The van der Waals surface area contributed by atoms with Crippen LogP contribution >= 0.6 is 11.8 Å². The van der Waals surface area contributed by atoms with E-state index in [9.17, 15) is 9.59 Å². The lowest BCUT2D eigenvalue weighted by Crippen LogP contribution is -2.27. The van der Waals surface area contributed by atoms with Gasteiger partial charge in [-0.05, 0) is 57.3 Å². The number of unbranched alkanes of at least 4 members (excludes halogenated alkanes) is 3. The van der Waals surface area contributed by atoms with E-state index < -0.39 is 5.41 Å². The predicted molar refractivity (Wildman–Crippen MR) is 127 cm³/mol. The standard InChI is InChI=1S/C25H37NO3S/c1-19(2)14-15-25(3,4)24(28)29-16-10-6-7-11-17-30-22-18-23(27)26(5)21-13-9-8-12-20(21)22/h8-9,12-13,18-19H,6-7,10-11,14-17H2,1-5H3. The summed E-state index contributed by atoms with van der Waals surface area (Å²) in [5.74, 6) is 1.52. The van der Waals surface area contributed by atoms with E-state index in [0.29, 0.717) is 12.5 Å². The number of pyridine rings is 1. The van der Waals surface area contributed by atoms with Gasteiger partial charge in [0.2, 0.25) is 0 Å². The lowest BCUT2D eigenvalue weighted by molar-refractivity contribution is -0.154. The number of nitrogens with zero attached hydrogens (tertiary/aromatic N) is 1. The summed E-state index contributed by atoms with van der Waals surface area (Å²) in [6.45, 7) is 8.83. The fraction of sp³-hybridized carbons (Fsp3) is 0.600. The number of rotatable bonds is 12. The van der Waals surface area contributed by atoms with E-state index >= 15 is 0 Å². The van der Waals surface area contributed by atoms with Crippen molar-refractivity contribution in [2.45, 2.75) is 71.1 Å². The first kappa shape index (κ1) is 24.5. The van der Waals surface area contributed by atoms with Gasteiger partial charge in [0.05, 0.1) is 17.5 Å². The van der Waals surface area contributed by atoms with E-state index in [1.807, 2.05) is 39.1 Å². The fourth-order valence-electron chi connectivity index (χ4n) is 3.35. The Hall–Kier alpha value is -1.75. The molecular formula is C25H37NO3S. The van der Waals surface area contributed by atoms with E-state index in [0.717, 1.165) is 60.1 Å². The summed E-state index contributed by atoms with van der Waals surface area (Å²) >= 11 is 1.75. The van der Waals surface area contributed by atoms with Crippen molar-refractivity contribution in [2.24, 2.45) is 18.4 Å². The Morgan fingerprint density at radius 1 is 1.13 bits per heavy atom. The average molecular weight is 432 g/mol. The molecule has 2 rings (SSSR count). The second-order valence-electron chi connectivity index (χ2n) is 9.14. The number of aryl methyl sites for hydroxylation is 1. The Labute approximate surface area is 185 Å². The van der Waals surface area contributed by atoms with Gasteiger partial charge in [-0.3, -0.25) is 9.59 Å². The van der Waals surface area contributed by atoms with Crippen LogP contribution in [0.5, 0.6) is 0 Å². The summed E-state index contributed by atoms with van der Waals surface area (Å²) in [4.78, 5) is 25.5. The first-order chi connectivity index (χ1) is 14.2. The van der Waals surface area contributed by atoms with Crippen molar-refractivity contribution in [2.75, 3.05) is 12.4 Å². The van der Waals surface area contributed by atoms with Crippen molar-refractivity contribution in [3.8, 4) is 0 Å². The molecule has 1 heterocycles. The van der Waals surface area contributed by atoms with Crippen LogP contribution in [0.25, 0.3) is 10.9 Å². The van der Waals surface area contributed by atoms with Crippen molar-refractivity contribution in [3.05, 3.63) is 40.7 Å². The normalized spacial score (nSPS) is 11.9. The lowest BCUT2D eigenvalue weighted by atomic mass is 9.85. The Morgan fingerprint density at radius 2 is 1.83 bits per heavy atom. The van der Waals surface area contributed by atoms with Crippen LogP contribution in [0, 0.1) is 11.3 Å². The maximum Gasteiger partial charge on any atom is 0.311 e. The topological polar surface area (TPSA) is 48.3 Å². The van der Waals surface area contributed by atoms with E-state index in [-0.39, 0.29) is 11.5 Å². The molecule has 0 amide bonds. The molecule has 4 nitrogen and oxygen atoms in total. The highest BCUT2D eigenvalue weighted by molar-refractivity contribution is 7.99. The highest BCUT2D eigenvalue weighted by Crippen LogP contribution is 2.28. The molecule has 0 bridgehead atoms. The molecule has 0 N–H and O–H groups in total. The van der Waals surface area contributed by atoms with Crippen molar-refractivity contribution in [3.63, 3.8) is 0 Å². The molecule has 0 spiro atoms. The van der Waals surface area contributed by atoms with Gasteiger partial charge in [0.25, 0.3) is 5.56 Å². The summed E-state index contributed by atoms with van der Waals surface area (Å²) in [7, 11) is 1.82. The molecule has 0 saturated heterocycles. The average Bonchev–Trinajstić information content (AvgIpc) is 2.71. The van der Waals surface area contributed by atoms with Gasteiger partial charge < -0.3 is 9.30 Å². The second kappa shape index (κ2) is 11.6. The number of ether oxygens (including phenoxy) is 1. The number of hydrogen-bond acceptors (Lipinski definition) is 4. The molecular weight excluding hydrogens is 394 g/mol. The van der Waals surface area contributed by atoms with E-state index in [2.05, 4.69) is 19.9 Å². The number of thioether (sulfide) groups is 1. The third kappa shape index (κ3) is 7.19. The highest BCUT2D eigenvalue weighted by atomic mass is 32.2. The zero-order valence-electron chi connectivity index (χ0n) is 19.2. The zero-order chi connectivity index (χ0) is 22.1. The van der Waals surface area contributed by atoms with Gasteiger partial charge in [-0.1, -0.05) is 44.9 Å². The molecule has 0 saturated carbocycles. The van der Waals surface area contributed by atoms with Gasteiger partial charge in [-0.25, -0.2) is 0 Å². The zero-order valence-corrected chi connectivity index (χ0v) is 20.0. The minimum Gasteiger partial charge on any atom is -0.465 e. The fourth-order valence-corrected chi connectivity index (χ4v) is 4.43. The molecule has 0 unspecified atom stereocenters. The van der Waals surface area contributed by atoms with Crippen LogP contribution in [-0.2, 0) is 16.6 Å². The van der Waals surface area contributed by atoms with Gasteiger partial charge in [0.15, 0.2) is 0 Å². The number of aromatic nitrogens is 1. The van der Waals surface area contributed by atoms with Gasteiger partial charge >= 0.3 is 5.97 Å². The molecule has 0 radical (unpaired) electrons. The minimum atomic E-state index is -0.392. The van der Waals surface area contributed by atoms with Gasteiger partial charge in [-0.2, -0.15) is 0 Å². The summed E-state index contributed by atoms with van der Waals surface area (Å²) < 4.78 is 7.21. The van der Waals surface area contributed by atoms with Crippen LogP contribution in [0.2, 0.25) is 0 Å². The number of benzene rings is 1. The molecule has 5 heteroatoms. The Bertz CT molecular complexity index is 886. The summed E-state index contributed by atoms with van der Waals surface area (Å²) in [5, 5.41) is 1.14. The number of para-hydroxylation sites is 1. The maximum atomic E-state index is 12.3. The van der Waals surface area contributed by atoms with Gasteiger partial charge in [0.1, 0.15) is 0 Å². The number of fused-ring (bicyclic) bond motifs is 1. The second-order valence-corrected chi connectivity index (χ2v) is 10.3. The van der Waals surface area contributed by atoms with Crippen molar-refractivity contribution >= 4 is 28.6 Å². The molecule has 0 aliphatic heterocycles. The summed E-state index contributed by atoms with van der Waals surface area (Å²) in [6, 6.07) is 9.80. The van der Waals surface area contributed by atoms with Crippen molar-refractivity contribution in [1.29, 1.82) is 0 Å². The molecule has 0 atom stereocenters. The Kier molecular flexibility index (Phi) is 9.47.